The smallest absolute Gasteiger partial charge is 0.380 e. The maximum atomic E-state index is 14.0. The second-order valence-corrected chi connectivity index (χ2v) is 11.1. The van der Waals surface area contributed by atoms with Crippen LogP contribution in [0.3, 0.4) is 0 Å². The van der Waals surface area contributed by atoms with E-state index in [-0.39, 0.29) is 27.7 Å². The van der Waals surface area contributed by atoms with Crippen molar-refractivity contribution in [3.05, 3.63) is 89.9 Å². The van der Waals surface area contributed by atoms with Crippen molar-refractivity contribution in [3.8, 4) is 16.8 Å². The number of sulfone groups is 1. The Balaban J connectivity index is 1.58. The summed E-state index contributed by atoms with van der Waals surface area (Å²) in [6, 6.07) is 16.3. The molecule has 6 aromatic rings. The molecule has 0 aliphatic rings. The number of nitrogens with zero attached hydrogens (tertiary/aromatic N) is 3. The van der Waals surface area contributed by atoms with E-state index in [0.29, 0.717) is 39.1 Å². The number of rotatable bonds is 5. The Bertz CT molecular complexity index is 2070. The van der Waals surface area contributed by atoms with Crippen LogP contribution in [0.1, 0.15) is 21.7 Å². The summed E-state index contributed by atoms with van der Waals surface area (Å²) in [6.07, 6.45) is -2.38. The molecule has 0 amide bonds. The summed E-state index contributed by atoms with van der Waals surface area (Å²) in [7, 11) is -3.65. The monoisotopic (exact) mass is 565 g/mol. The number of H-pyrrole nitrogens is 1. The van der Waals surface area contributed by atoms with Gasteiger partial charge in [-0.05, 0) is 35.9 Å². The number of aromatic nitrogens is 4. The molecule has 0 aliphatic heterocycles. The Morgan fingerprint density at radius 3 is 2.52 bits per heavy atom. The number of nitrogens with two attached hydrogens (primary N) is 1. The maximum absolute atomic E-state index is 14.0. The fraction of sp³-hybridized carbons (Fsp3) is 0.0741. The van der Waals surface area contributed by atoms with Gasteiger partial charge in [0, 0.05) is 35.0 Å². The second-order valence-electron chi connectivity index (χ2n) is 9.10. The highest BCUT2D eigenvalue weighted by molar-refractivity contribution is 7.90. The molecule has 0 radical (unpaired) electrons. The Hall–Kier alpha value is -4.91. The topological polar surface area (TPSA) is 137 Å². The van der Waals surface area contributed by atoms with Crippen LogP contribution in [0.4, 0.5) is 19.0 Å². The molecule has 0 spiro atoms. The van der Waals surface area contributed by atoms with Crippen molar-refractivity contribution in [2.75, 3.05) is 12.0 Å². The first-order valence-corrected chi connectivity index (χ1v) is 13.6. The highest BCUT2D eigenvalue weighted by Gasteiger charge is 2.37. The highest BCUT2D eigenvalue weighted by atomic mass is 32.2. The zero-order valence-corrected chi connectivity index (χ0v) is 21.3. The summed E-state index contributed by atoms with van der Waals surface area (Å²) in [5.41, 5.74) is 5.92. The molecular formula is C27H18F3N5O4S. The summed E-state index contributed by atoms with van der Waals surface area (Å²) < 4.78 is 72.3. The minimum absolute atomic E-state index is 0.0266. The van der Waals surface area contributed by atoms with Gasteiger partial charge >= 0.3 is 6.18 Å². The van der Waals surface area contributed by atoms with Crippen molar-refractivity contribution in [1.82, 2.24) is 19.9 Å². The van der Waals surface area contributed by atoms with Crippen LogP contribution < -0.4 is 5.73 Å². The molecule has 0 saturated heterocycles. The van der Waals surface area contributed by atoms with E-state index in [1.807, 2.05) is 0 Å². The molecule has 0 unspecified atom stereocenters. The van der Waals surface area contributed by atoms with Crippen LogP contribution in [0.5, 0.6) is 0 Å². The molecule has 40 heavy (non-hydrogen) atoms. The molecule has 3 heterocycles. The molecule has 0 atom stereocenters. The summed E-state index contributed by atoms with van der Waals surface area (Å²) in [5.74, 6) is -0.740. The standard InChI is InChI=1S/C27H18F3N5O4S/c1-40(37,38)22-8-3-2-5-15(22)16-6-4-7-19-24(16)18(13-32-19)25(36)20-12-23(27(28,29)30)33-35(20)14-9-10-21-17(11-14)26(31)34-39-21/h2-13,32H,1H3,(H2,31,34). The lowest BCUT2D eigenvalue weighted by Crippen LogP contribution is -2.10. The number of alkyl halides is 3. The first-order chi connectivity index (χ1) is 18.9. The zero-order valence-electron chi connectivity index (χ0n) is 20.5. The Morgan fingerprint density at radius 1 is 1.02 bits per heavy atom. The predicted molar refractivity (Wildman–Crippen MR) is 141 cm³/mol. The average Bonchev–Trinajstić information content (AvgIpc) is 3.64. The minimum Gasteiger partial charge on any atom is -0.380 e. The third kappa shape index (κ3) is 4.11. The summed E-state index contributed by atoms with van der Waals surface area (Å²) >= 11 is 0. The molecule has 0 aliphatic carbocycles. The molecule has 9 nitrogen and oxygen atoms in total. The maximum Gasteiger partial charge on any atom is 0.435 e. The van der Waals surface area contributed by atoms with Crippen LogP contribution in [0.25, 0.3) is 38.7 Å². The molecule has 0 fully saturated rings. The number of aromatic amines is 1. The van der Waals surface area contributed by atoms with E-state index in [2.05, 4.69) is 15.2 Å². The van der Waals surface area contributed by atoms with Crippen LogP contribution in [-0.4, -0.2) is 40.4 Å². The number of carbonyl (C=O) groups is 1. The van der Waals surface area contributed by atoms with Crippen molar-refractivity contribution in [2.45, 2.75) is 11.1 Å². The normalized spacial score (nSPS) is 12.4. The third-order valence-electron chi connectivity index (χ3n) is 6.49. The van der Waals surface area contributed by atoms with Crippen molar-refractivity contribution in [1.29, 1.82) is 0 Å². The zero-order chi connectivity index (χ0) is 28.4. The second kappa shape index (κ2) is 8.81. The average molecular weight is 566 g/mol. The van der Waals surface area contributed by atoms with Crippen molar-refractivity contribution < 1.29 is 30.9 Å². The van der Waals surface area contributed by atoms with Gasteiger partial charge in [0.25, 0.3) is 0 Å². The number of carbonyl (C=O) groups excluding carboxylic acids is 1. The fourth-order valence-corrected chi connectivity index (χ4v) is 5.60. The van der Waals surface area contributed by atoms with Crippen molar-refractivity contribution in [3.63, 3.8) is 0 Å². The molecule has 3 N–H and O–H groups in total. The van der Waals surface area contributed by atoms with Crippen molar-refractivity contribution >= 4 is 43.3 Å². The SMILES string of the molecule is CS(=O)(=O)c1ccccc1-c1cccc2[nH]cc(C(=O)c3cc(C(F)(F)F)nn3-c3ccc4onc(N)c4c3)c12. The number of nitrogen functional groups attached to an aromatic ring is 1. The van der Waals surface area contributed by atoms with Crippen LogP contribution in [0.2, 0.25) is 0 Å². The third-order valence-corrected chi connectivity index (χ3v) is 7.64. The lowest BCUT2D eigenvalue weighted by atomic mass is 9.97. The molecule has 3 aromatic heterocycles. The van der Waals surface area contributed by atoms with Crippen LogP contribution in [0.15, 0.2) is 82.3 Å². The first-order valence-electron chi connectivity index (χ1n) is 11.7. The van der Waals surface area contributed by atoms with Gasteiger partial charge in [0.2, 0.25) is 5.78 Å². The van der Waals surface area contributed by atoms with Gasteiger partial charge in [-0.1, -0.05) is 35.5 Å². The summed E-state index contributed by atoms with van der Waals surface area (Å²) in [4.78, 5) is 17.0. The van der Waals surface area contributed by atoms with E-state index in [4.69, 9.17) is 10.3 Å². The van der Waals surface area contributed by atoms with E-state index in [1.165, 1.54) is 30.5 Å². The van der Waals surface area contributed by atoms with Crippen LogP contribution in [0, 0.1) is 0 Å². The quantitative estimate of drug-likeness (QED) is 0.267. The van der Waals surface area contributed by atoms with Crippen LogP contribution in [-0.2, 0) is 16.0 Å². The fourth-order valence-electron chi connectivity index (χ4n) is 4.69. The summed E-state index contributed by atoms with van der Waals surface area (Å²) in [6.45, 7) is 0. The molecule has 0 saturated carbocycles. The molecule has 0 bridgehead atoms. The number of ketones is 1. The number of fused-ring (bicyclic) bond motifs is 2. The number of hydrogen-bond donors (Lipinski definition) is 2. The highest BCUT2D eigenvalue weighted by Crippen LogP contribution is 2.37. The lowest BCUT2D eigenvalue weighted by molar-refractivity contribution is -0.141. The van der Waals surface area contributed by atoms with E-state index < -0.39 is 27.5 Å². The lowest BCUT2D eigenvalue weighted by Gasteiger charge is -2.11. The van der Waals surface area contributed by atoms with Gasteiger partial charge in [-0.3, -0.25) is 4.79 Å². The van der Waals surface area contributed by atoms with E-state index in [0.717, 1.165) is 10.9 Å². The van der Waals surface area contributed by atoms with E-state index >= 15 is 0 Å². The van der Waals surface area contributed by atoms with Gasteiger partial charge < -0.3 is 15.2 Å². The molecule has 202 valence electrons. The van der Waals surface area contributed by atoms with Gasteiger partial charge in [-0.15, -0.1) is 0 Å². The number of anilines is 1. The van der Waals surface area contributed by atoms with Crippen molar-refractivity contribution in [2.24, 2.45) is 0 Å². The molecule has 13 heteroatoms. The molecule has 6 rings (SSSR count). The summed E-state index contributed by atoms with van der Waals surface area (Å²) in [5, 5.41) is 8.04. The predicted octanol–water partition coefficient (Wildman–Crippen LogP) is 5.40. The Morgan fingerprint density at radius 2 is 1.77 bits per heavy atom. The van der Waals surface area contributed by atoms with Crippen LogP contribution >= 0.6 is 0 Å². The van der Waals surface area contributed by atoms with Gasteiger partial charge in [0.1, 0.15) is 5.69 Å². The number of hydrogen-bond acceptors (Lipinski definition) is 7. The Kier molecular flexibility index (Phi) is 5.59. The first kappa shape index (κ1) is 25.4. The minimum atomic E-state index is -4.83. The molecule has 3 aromatic carbocycles. The van der Waals surface area contributed by atoms with Gasteiger partial charge in [0.15, 0.2) is 26.9 Å². The van der Waals surface area contributed by atoms with Gasteiger partial charge in [-0.25, -0.2) is 13.1 Å². The number of nitrogens with one attached hydrogen (secondary N) is 1. The van der Waals surface area contributed by atoms with Gasteiger partial charge in [0.05, 0.1) is 21.5 Å². The number of benzene rings is 3. The molecular weight excluding hydrogens is 547 g/mol. The number of halogens is 3. The van der Waals surface area contributed by atoms with E-state index in [9.17, 15) is 26.4 Å². The van der Waals surface area contributed by atoms with E-state index in [1.54, 1.807) is 36.4 Å². The van der Waals surface area contributed by atoms with Gasteiger partial charge in [-0.2, -0.15) is 18.3 Å². The Labute approximate surface area is 223 Å². The largest absolute Gasteiger partial charge is 0.435 e.